The van der Waals surface area contributed by atoms with E-state index in [9.17, 15) is 9.59 Å². The minimum atomic E-state index is -0.263. The average molecular weight is 269 g/mol. The van der Waals surface area contributed by atoms with Crippen molar-refractivity contribution in [1.82, 2.24) is 10.3 Å². The van der Waals surface area contributed by atoms with Crippen LogP contribution in [-0.4, -0.2) is 22.8 Å². The largest absolute Gasteiger partial charge is 0.352 e. The molecule has 4 nitrogen and oxygen atoms in total. The van der Waals surface area contributed by atoms with E-state index in [1.807, 2.05) is 0 Å². The monoisotopic (exact) mass is 268 g/mol. The maximum absolute atomic E-state index is 11.8. The van der Waals surface area contributed by atoms with Gasteiger partial charge in [0.1, 0.15) is 0 Å². The molecular weight excluding hydrogens is 252 g/mol. The lowest BCUT2D eigenvalue weighted by Crippen LogP contribution is -2.32. The van der Waals surface area contributed by atoms with Crippen molar-refractivity contribution in [1.29, 1.82) is 0 Å². The third kappa shape index (κ3) is 3.60. The first-order valence-corrected chi connectivity index (χ1v) is 6.70. The molecule has 1 aliphatic carbocycles. The Labute approximate surface area is 111 Å². The zero-order valence-corrected chi connectivity index (χ0v) is 10.9. The number of rotatable bonds is 3. The number of carbonyl (C=O) groups is 1. The average Bonchev–Trinajstić information content (AvgIpc) is 2.36. The van der Waals surface area contributed by atoms with Gasteiger partial charge in [-0.05, 0) is 31.2 Å². The molecule has 0 spiro atoms. The quantitative estimate of drug-likeness (QED) is 0.823. The highest BCUT2D eigenvalue weighted by Crippen LogP contribution is 2.27. The molecule has 1 amide bonds. The summed E-state index contributed by atoms with van der Waals surface area (Å²) >= 11 is 6.11. The van der Waals surface area contributed by atoms with Crippen molar-refractivity contribution in [2.24, 2.45) is 5.92 Å². The van der Waals surface area contributed by atoms with Crippen molar-refractivity contribution in [3.63, 3.8) is 0 Å². The van der Waals surface area contributed by atoms with Crippen LogP contribution in [0.2, 0.25) is 0 Å². The fourth-order valence-electron chi connectivity index (χ4n) is 2.34. The van der Waals surface area contributed by atoms with Crippen LogP contribution < -0.4 is 10.9 Å². The van der Waals surface area contributed by atoms with Crippen LogP contribution in [0.15, 0.2) is 23.1 Å². The molecule has 1 saturated carbocycles. The van der Waals surface area contributed by atoms with Gasteiger partial charge in [0.05, 0.1) is 0 Å². The first-order chi connectivity index (χ1) is 8.65. The van der Waals surface area contributed by atoms with Gasteiger partial charge in [0.2, 0.25) is 5.56 Å². The third-order valence-electron chi connectivity index (χ3n) is 3.31. The highest BCUT2D eigenvalue weighted by atomic mass is 35.5. The molecule has 0 saturated heterocycles. The minimum absolute atomic E-state index is 0.196. The predicted octanol–water partition coefficient (Wildman–Crippen LogP) is 1.90. The van der Waals surface area contributed by atoms with E-state index in [1.165, 1.54) is 12.3 Å². The smallest absolute Gasteiger partial charge is 0.251 e. The van der Waals surface area contributed by atoms with E-state index in [0.29, 0.717) is 18.0 Å². The maximum Gasteiger partial charge on any atom is 0.251 e. The summed E-state index contributed by atoms with van der Waals surface area (Å²) in [6.07, 6.45) is 5.74. The second-order valence-corrected chi connectivity index (χ2v) is 5.40. The molecule has 1 aliphatic rings. The lowest BCUT2D eigenvalue weighted by atomic mass is 9.89. The van der Waals surface area contributed by atoms with Gasteiger partial charge >= 0.3 is 0 Å². The summed E-state index contributed by atoms with van der Waals surface area (Å²) in [6, 6.07) is 2.91. The fraction of sp³-hybridized carbons (Fsp3) is 0.538. The number of H-pyrrole nitrogens is 1. The van der Waals surface area contributed by atoms with Crippen molar-refractivity contribution in [3.8, 4) is 0 Å². The summed E-state index contributed by atoms with van der Waals surface area (Å²) < 4.78 is 0. The van der Waals surface area contributed by atoms with Crippen molar-refractivity contribution >= 4 is 17.5 Å². The van der Waals surface area contributed by atoms with E-state index in [0.717, 1.165) is 25.7 Å². The van der Waals surface area contributed by atoms with Crippen LogP contribution in [0.5, 0.6) is 0 Å². The van der Waals surface area contributed by atoms with Crippen LogP contribution in [0.3, 0.4) is 0 Å². The van der Waals surface area contributed by atoms with Crippen LogP contribution in [0.1, 0.15) is 36.0 Å². The first kappa shape index (κ1) is 13.1. The summed E-state index contributed by atoms with van der Waals surface area (Å²) in [4.78, 5) is 25.4. The molecule has 98 valence electrons. The molecule has 0 radical (unpaired) electrons. The number of aromatic amines is 1. The Hall–Kier alpha value is -1.29. The molecule has 1 fully saturated rings. The lowest BCUT2D eigenvalue weighted by Gasteiger charge is -2.25. The van der Waals surface area contributed by atoms with Gasteiger partial charge in [-0.3, -0.25) is 9.59 Å². The molecule has 5 heteroatoms. The van der Waals surface area contributed by atoms with Gasteiger partial charge in [-0.2, -0.15) is 0 Å². The lowest BCUT2D eigenvalue weighted by molar-refractivity contribution is 0.0943. The van der Waals surface area contributed by atoms with E-state index >= 15 is 0 Å². The zero-order chi connectivity index (χ0) is 13.0. The van der Waals surface area contributed by atoms with Crippen LogP contribution in [-0.2, 0) is 0 Å². The number of alkyl halides is 1. The molecular formula is C13H17ClN2O2. The minimum Gasteiger partial charge on any atom is -0.352 e. The van der Waals surface area contributed by atoms with Crippen LogP contribution >= 0.6 is 11.6 Å². The Balaban J connectivity index is 1.86. The molecule has 2 rings (SSSR count). The zero-order valence-electron chi connectivity index (χ0n) is 10.1. The highest BCUT2D eigenvalue weighted by Gasteiger charge is 2.20. The SMILES string of the molecule is O=C(NCC1CCCC(Cl)C1)c1cc[nH]c(=O)c1. The van der Waals surface area contributed by atoms with Crippen molar-refractivity contribution in [2.45, 2.75) is 31.1 Å². The summed E-state index contributed by atoms with van der Waals surface area (Å²) in [5.41, 5.74) is 0.137. The number of hydrogen-bond acceptors (Lipinski definition) is 2. The van der Waals surface area contributed by atoms with Gasteiger partial charge in [0.25, 0.3) is 5.91 Å². The van der Waals surface area contributed by atoms with E-state index in [4.69, 9.17) is 11.6 Å². The first-order valence-electron chi connectivity index (χ1n) is 6.26. The summed E-state index contributed by atoms with van der Waals surface area (Å²) in [5, 5.41) is 3.10. The Bertz CT molecular complexity index is 472. The molecule has 1 heterocycles. The van der Waals surface area contributed by atoms with E-state index < -0.39 is 0 Å². The number of amides is 1. The molecule has 1 aromatic heterocycles. The highest BCUT2D eigenvalue weighted by molar-refractivity contribution is 6.20. The number of carbonyl (C=O) groups excluding carboxylic acids is 1. The number of nitrogens with one attached hydrogen (secondary N) is 2. The number of aromatic nitrogens is 1. The molecule has 18 heavy (non-hydrogen) atoms. The van der Waals surface area contributed by atoms with Crippen LogP contribution in [0.25, 0.3) is 0 Å². The van der Waals surface area contributed by atoms with E-state index in [2.05, 4.69) is 10.3 Å². The number of halogens is 1. The Morgan fingerprint density at radius 1 is 1.50 bits per heavy atom. The van der Waals surface area contributed by atoms with Gasteiger partial charge in [0, 0.05) is 29.7 Å². The molecule has 0 bridgehead atoms. The third-order valence-corrected chi connectivity index (χ3v) is 3.70. The molecule has 0 aliphatic heterocycles. The normalized spacial score (nSPS) is 23.6. The van der Waals surface area contributed by atoms with Gasteiger partial charge in [-0.25, -0.2) is 0 Å². The van der Waals surface area contributed by atoms with Gasteiger partial charge < -0.3 is 10.3 Å². The summed E-state index contributed by atoms with van der Waals surface area (Å²) in [6.45, 7) is 0.634. The van der Waals surface area contributed by atoms with Crippen molar-refractivity contribution in [2.75, 3.05) is 6.54 Å². The van der Waals surface area contributed by atoms with Gasteiger partial charge in [0.15, 0.2) is 0 Å². The number of hydrogen-bond donors (Lipinski definition) is 2. The Morgan fingerprint density at radius 2 is 2.33 bits per heavy atom. The topological polar surface area (TPSA) is 62.0 Å². The Morgan fingerprint density at radius 3 is 3.06 bits per heavy atom. The summed E-state index contributed by atoms with van der Waals surface area (Å²) in [7, 11) is 0. The molecule has 2 atom stereocenters. The van der Waals surface area contributed by atoms with Crippen molar-refractivity contribution in [3.05, 3.63) is 34.2 Å². The van der Waals surface area contributed by atoms with Crippen molar-refractivity contribution < 1.29 is 4.79 Å². The molecule has 2 N–H and O–H groups in total. The standard InChI is InChI=1S/C13H17ClN2O2/c14-11-3-1-2-9(6-11)8-16-13(18)10-4-5-15-12(17)7-10/h4-5,7,9,11H,1-3,6,8H2,(H,15,17)(H,16,18). The van der Waals surface area contributed by atoms with Gasteiger partial charge in [-0.15, -0.1) is 11.6 Å². The van der Waals surface area contributed by atoms with E-state index in [1.54, 1.807) is 6.07 Å². The molecule has 2 unspecified atom stereocenters. The predicted molar refractivity (Wildman–Crippen MR) is 71.0 cm³/mol. The van der Waals surface area contributed by atoms with Crippen LogP contribution in [0.4, 0.5) is 0 Å². The van der Waals surface area contributed by atoms with E-state index in [-0.39, 0.29) is 16.8 Å². The molecule has 0 aromatic carbocycles. The maximum atomic E-state index is 11.8. The molecule has 1 aromatic rings. The summed E-state index contributed by atoms with van der Waals surface area (Å²) in [5.74, 6) is 0.255. The second-order valence-electron chi connectivity index (χ2n) is 4.78. The van der Waals surface area contributed by atoms with Gasteiger partial charge in [-0.1, -0.05) is 6.42 Å². The second kappa shape index (κ2) is 6.05. The Kier molecular flexibility index (Phi) is 4.42. The fourth-order valence-corrected chi connectivity index (χ4v) is 2.74. The number of pyridine rings is 1. The van der Waals surface area contributed by atoms with Crippen LogP contribution in [0, 0.1) is 5.92 Å².